The third-order valence-corrected chi connectivity index (χ3v) is 7.54. The fourth-order valence-electron chi connectivity index (χ4n) is 4.33. The van der Waals surface area contributed by atoms with Crippen molar-refractivity contribution in [2.45, 2.75) is 12.6 Å². The molecule has 0 unspecified atom stereocenters. The van der Waals surface area contributed by atoms with Gasteiger partial charge < -0.3 is 19.6 Å². The number of aromatic hydroxyl groups is 1. The van der Waals surface area contributed by atoms with Crippen LogP contribution in [0.2, 0.25) is 0 Å². The van der Waals surface area contributed by atoms with Gasteiger partial charge in [-0.25, -0.2) is 0 Å². The summed E-state index contributed by atoms with van der Waals surface area (Å²) in [6, 6.07) is 9.33. The van der Waals surface area contributed by atoms with Gasteiger partial charge in [0.1, 0.15) is 5.75 Å². The number of likely N-dealkylation sites (N-methyl/N-ethyl adjacent to an activating group) is 1. The third kappa shape index (κ3) is 4.80. The highest BCUT2D eigenvalue weighted by Crippen LogP contribution is 2.40. The summed E-state index contributed by atoms with van der Waals surface area (Å²) >= 11 is 1.29. The van der Waals surface area contributed by atoms with Crippen molar-refractivity contribution in [3.8, 4) is 11.6 Å². The summed E-state index contributed by atoms with van der Waals surface area (Å²) in [6.45, 7) is 3.23. The summed E-state index contributed by atoms with van der Waals surface area (Å²) < 4.78 is 47.0. The molecule has 1 saturated heterocycles. The number of rotatable bonds is 5. The van der Waals surface area contributed by atoms with Crippen LogP contribution in [-0.4, -0.2) is 61.5 Å². The number of ether oxygens (including phenoxy) is 1. The minimum Gasteiger partial charge on any atom is -0.497 e. The molecule has 1 aromatic heterocycles. The van der Waals surface area contributed by atoms with E-state index in [4.69, 9.17) is 4.74 Å². The van der Waals surface area contributed by atoms with Crippen LogP contribution in [-0.2, 0) is 12.6 Å². The van der Waals surface area contributed by atoms with Gasteiger partial charge in [-0.1, -0.05) is 23.5 Å². The number of hydrogen-bond donors (Lipinski definition) is 1. The third-order valence-electron chi connectivity index (χ3n) is 6.37. The molecule has 0 amide bonds. The number of aromatic nitrogens is 1. The molecule has 0 bridgehead atoms. The fraction of sp³-hybridized carbons (Fsp3) is 0.320. The molecule has 1 N–H and O–H groups in total. The summed E-state index contributed by atoms with van der Waals surface area (Å²) in [5.41, 5.74) is 0.606. The highest BCUT2D eigenvalue weighted by molar-refractivity contribution is 7.17. The second kappa shape index (κ2) is 9.55. The molecule has 3 aromatic rings. The van der Waals surface area contributed by atoms with Crippen LogP contribution in [0.25, 0.3) is 5.57 Å². The molecule has 0 atom stereocenters. The molecule has 188 valence electrons. The van der Waals surface area contributed by atoms with Crippen molar-refractivity contribution in [3.63, 3.8) is 0 Å². The largest absolute Gasteiger partial charge is 0.497 e. The first-order valence-electron chi connectivity index (χ1n) is 11.3. The molecule has 2 aliphatic heterocycles. The molecule has 2 aromatic carbocycles. The smallest absolute Gasteiger partial charge is 0.416 e. The van der Waals surface area contributed by atoms with Gasteiger partial charge >= 0.3 is 6.18 Å². The van der Waals surface area contributed by atoms with Gasteiger partial charge in [-0.05, 0) is 47.7 Å². The lowest BCUT2D eigenvalue weighted by molar-refractivity contribution is -0.138. The Balaban J connectivity index is 1.65. The van der Waals surface area contributed by atoms with Crippen molar-refractivity contribution in [1.82, 2.24) is 9.88 Å². The average molecular weight is 516 g/mol. The molecule has 3 heterocycles. The van der Waals surface area contributed by atoms with E-state index in [0.717, 1.165) is 37.8 Å². The second-order valence-electron chi connectivity index (χ2n) is 8.73. The van der Waals surface area contributed by atoms with Gasteiger partial charge in [-0.15, -0.1) is 0 Å². The summed E-state index contributed by atoms with van der Waals surface area (Å²) in [5, 5.41) is 20.8. The van der Waals surface area contributed by atoms with E-state index in [1.807, 2.05) is 13.1 Å². The van der Waals surface area contributed by atoms with E-state index in [1.165, 1.54) is 30.6 Å². The Kier molecular flexibility index (Phi) is 6.44. The van der Waals surface area contributed by atoms with E-state index in [9.17, 15) is 18.3 Å². The maximum absolute atomic E-state index is 14.0. The van der Waals surface area contributed by atoms with E-state index in [0.29, 0.717) is 26.2 Å². The molecule has 0 radical (unpaired) electrons. The standard InChI is InChI=1S/C25H24F3N5O2S/c1-32-7-9-33(10-8-32)24-30-23(34)22(36-24)19(15-4-6-21-17(11-15)14-29-31-21)12-16-3-5-18(35-2)13-20(16)25(26,27)28/h3-6,11,13-14,34H,7-10,12H2,1-2H3. The minimum atomic E-state index is -4.57. The van der Waals surface area contributed by atoms with E-state index >= 15 is 0 Å². The Morgan fingerprint density at radius 1 is 1.11 bits per heavy atom. The quantitative estimate of drug-likeness (QED) is 0.566. The first-order valence-corrected chi connectivity index (χ1v) is 12.2. The molecule has 0 aliphatic carbocycles. The normalized spacial score (nSPS) is 16.6. The van der Waals surface area contributed by atoms with Crippen molar-refractivity contribution in [1.29, 1.82) is 0 Å². The van der Waals surface area contributed by atoms with Crippen LogP contribution >= 0.6 is 11.3 Å². The number of thiazole rings is 1. The molecule has 7 nitrogen and oxygen atoms in total. The summed E-state index contributed by atoms with van der Waals surface area (Å²) in [4.78, 5) is 9.14. The van der Waals surface area contributed by atoms with Crippen LogP contribution < -0.4 is 20.2 Å². The number of fused-ring (bicyclic) bond motifs is 1. The molecular weight excluding hydrogens is 491 g/mol. The molecule has 2 aliphatic rings. The molecule has 0 spiro atoms. The van der Waals surface area contributed by atoms with Crippen LogP contribution in [0.5, 0.6) is 11.6 Å². The number of hydrogen-bond acceptors (Lipinski definition) is 8. The highest BCUT2D eigenvalue weighted by Gasteiger charge is 2.34. The number of piperazine rings is 1. The average Bonchev–Trinajstić information content (AvgIpc) is 3.48. The van der Waals surface area contributed by atoms with Crippen LogP contribution in [0.15, 0.2) is 46.6 Å². The minimum absolute atomic E-state index is 0.0656. The Morgan fingerprint density at radius 2 is 1.89 bits per heavy atom. The Bertz CT molecular complexity index is 1440. The van der Waals surface area contributed by atoms with Crippen molar-refractivity contribution in [2.24, 2.45) is 10.2 Å². The predicted molar refractivity (Wildman–Crippen MR) is 133 cm³/mol. The lowest BCUT2D eigenvalue weighted by atomic mass is 9.96. The number of alkyl halides is 3. The zero-order chi connectivity index (χ0) is 25.4. The number of halogens is 3. The Hall–Kier alpha value is -3.44. The first-order chi connectivity index (χ1) is 17.2. The van der Waals surface area contributed by atoms with E-state index in [-0.39, 0.29) is 23.6 Å². The molecule has 1 fully saturated rings. The Morgan fingerprint density at radius 3 is 2.61 bits per heavy atom. The molecule has 36 heavy (non-hydrogen) atoms. The van der Waals surface area contributed by atoms with E-state index < -0.39 is 11.7 Å². The summed E-state index contributed by atoms with van der Waals surface area (Å²) in [7, 11) is 3.38. The van der Waals surface area contributed by atoms with E-state index in [1.54, 1.807) is 18.3 Å². The van der Waals surface area contributed by atoms with Gasteiger partial charge in [0.25, 0.3) is 0 Å². The van der Waals surface area contributed by atoms with Crippen LogP contribution in [0.3, 0.4) is 0 Å². The van der Waals surface area contributed by atoms with E-state index in [2.05, 4.69) is 25.0 Å². The van der Waals surface area contributed by atoms with Gasteiger partial charge in [-0.3, -0.25) is 0 Å². The number of benzene rings is 2. The number of nitrogens with zero attached hydrogens (tertiary/aromatic N) is 5. The zero-order valence-electron chi connectivity index (χ0n) is 19.7. The summed E-state index contributed by atoms with van der Waals surface area (Å²) in [5.74, 6) is -0.0641. The van der Waals surface area contributed by atoms with Crippen LogP contribution in [0, 0.1) is 0 Å². The SMILES string of the molecule is COc1ccc(CC(c2sc(N3CCN(C)CC3)nc2O)=c2ccc3c(c2)C=NN=3)c(C(F)(F)F)c1. The van der Waals surface area contributed by atoms with Crippen molar-refractivity contribution < 1.29 is 23.0 Å². The van der Waals surface area contributed by atoms with Crippen LogP contribution in [0.1, 0.15) is 21.6 Å². The lowest BCUT2D eigenvalue weighted by Crippen LogP contribution is -2.44. The van der Waals surface area contributed by atoms with Gasteiger partial charge in [0.15, 0.2) is 5.13 Å². The first kappa shape index (κ1) is 24.3. The Labute approximate surface area is 209 Å². The molecule has 11 heteroatoms. The zero-order valence-corrected chi connectivity index (χ0v) is 20.5. The number of methoxy groups -OCH3 is 1. The highest BCUT2D eigenvalue weighted by atomic mass is 32.1. The molecule has 5 rings (SSSR count). The van der Waals surface area contributed by atoms with Gasteiger partial charge in [0.2, 0.25) is 5.88 Å². The van der Waals surface area contributed by atoms with Gasteiger partial charge in [-0.2, -0.15) is 28.4 Å². The molecule has 0 saturated carbocycles. The fourth-order valence-corrected chi connectivity index (χ4v) is 5.40. The van der Waals surface area contributed by atoms with Crippen LogP contribution in [0.4, 0.5) is 18.3 Å². The monoisotopic (exact) mass is 515 g/mol. The van der Waals surface area contributed by atoms with Crippen molar-refractivity contribution >= 4 is 28.3 Å². The maximum atomic E-state index is 14.0. The summed E-state index contributed by atoms with van der Waals surface area (Å²) in [6.07, 6.45) is -3.03. The molecular formula is C25H24F3N5O2S. The second-order valence-corrected chi connectivity index (χ2v) is 9.71. The maximum Gasteiger partial charge on any atom is 0.416 e. The number of anilines is 1. The van der Waals surface area contributed by atoms with Crippen molar-refractivity contribution in [2.75, 3.05) is 45.2 Å². The topological polar surface area (TPSA) is 73.5 Å². The lowest BCUT2D eigenvalue weighted by Gasteiger charge is -2.31. The van der Waals surface area contributed by atoms with Crippen molar-refractivity contribution in [3.05, 3.63) is 68.5 Å². The van der Waals surface area contributed by atoms with Gasteiger partial charge in [0, 0.05) is 38.2 Å². The van der Waals surface area contributed by atoms with Gasteiger partial charge in [0.05, 0.1) is 29.1 Å². The predicted octanol–water partition coefficient (Wildman–Crippen LogP) is 3.04.